The first-order chi connectivity index (χ1) is 7.77. The van der Waals surface area contributed by atoms with Gasteiger partial charge in [0.15, 0.2) is 0 Å². The van der Waals surface area contributed by atoms with Crippen molar-refractivity contribution >= 4 is 0 Å². The maximum absolute atomic E-state index is 12.9. The lowest BCUT2D eigenvalue weighted by Crippen LogP contribution is -2.26. The first kappa shape index (κ1) is 12.4. The lowest BCUT2D eigenvalue weighted by Gasteiger charge is -2.23. The number of halogens is 4. The third kappa shape index (κ3) is 2.04. The summed E-state index contributed by atoms with van der Waals surface area (Å²) in [7, 11) is 0. The van der Waals surface area contributed by atoms with Gasteiger partial charge in [0.25, 0.3) is 0 Å². The summed E-state index contributed by atoms with van der Waals surface area (Å²) in [6.45, 7) is 1.47. The summed E-state index contributed by atoms with van der Waals surface area (Å²) in [5.41, 5.74) is -1.82. The number of alkyl halides is 3. The average molecular weight is 248 g/mol. The summed E-state index contributed by atoms with van der Waals surface area (Å²) in [6.07, 6.45) is -4.46. The van der Waals surface area contributed by atoms with Crippen molar-refractivity contribution < 1.29 is 22.7 Å². The molecule has 17 heavy (non-hydrogen) atoms. The van der Waals surface area contributed by atoms with Crippen molar-refractivity contribution in [3.63, 3.8) is 0 Å². The highest BCUT2D eigenvalue weighted by atomic mass is 19.4. The van der Waals surface area contributed by atoms with Crippen LogP contribution in [0.15, 0.2) is 18.2 Å². The molecule has 1 nitrogen and oxygen atoms in total. The second kappa shape index (κ2) is 3.70. The van der Waals surface area contributed by atoms with Crippen molar-refractivity contribution in [1.82, 2.24) is 0 Å². The molecule has 1 N–H and O–H groups in total. The zero-order valence-corrected chi connectivity index (χ0v) is 9.18. The van der Waals surface area contributed by atoms with Crippen LogP contribution in [0.4, 0.5) is 17.6 Å². The average Bonchev–Trinajstić information content (AvgIpc) is 2.97. The Hall–Kier alpha value is -1.10. The van der Waals surface area contributed by atoms with Crippen molar-refractivity contribution in [3.8, 4) is 0 Å². The minimum atomic E-state index is -4.60. The molecule has 1 aromatic carbocycles. The largest absolute Gasteiger partial charge is 0.416 e. The molecule has 0 saturated heterocycles. The molecule has 1 aliphatic carbocycles. The second-order valence-electron chi connectivity index (χ2n) is 4.52. The predicted molar refractivity (Wildman–Crippen MR) is 54.0 cm³/mol. The van der Waals surface area contributed by atoms with Crippen LogP contribution in [0, 0.1) is 5.82 Å². The molecule has 1 unspecified atom stereocenters. The molecule has 0 bridgehead atoms. The topological polar surface area (TPSA) is 20.2 Å². The van der Waals surface area contributed by atoms with Crippen molar-refractivity contribution in [2.45, 2.75) is 37.5 Å². The van der Waals surface area contributed by atoms with Gasteiger partial charge in [-0.15, -0.1) is 0 Å². The van der Waals surface area contributed by atoms with Gasteiger partial charge in [-0.05, 0) is 37.5 Å². The third-order valence-electron chi connectivity index (χ3n) is 3.41. The van der Waals surface area contributed by atoms with E-state index in [4.69, 9.17) is 0 Å². The molecule has 0 radical (unpaired) electrons. The standard InChI is InChI=1S/C12H12F4O/c1-7(17)11(4-5-11)9-3-2-8(13)6-10(9)12(14,15)16/h2-3,6-7,17H,4-5H2,1H3. The number of benzene rings is 1. The number of hydrogen-bond acceptors (Lipinski definition) is 1. The zero-order chi connectivity index (χ0) is 12.8. The molecule has 0 aliphatic heterocycles. The first-order valence-electron chi connectivity index (χ1n) is 5.33. The monoisotopic (exact) mass is 248 g/mol. The molecular formula is C12H12F4O. The summed E-state index contributed by atoms with van der Waals surface area (Å²) in [6, 6.07) is 2.64. The maximum atomic E-state index is 12.9. The molecule has 94 valence electrons. The van der Waals surface area contributed by atoms with E-state index in [0.717, 1.165) is 12.1 Å². The number of hydrogen-bond donors (Lipinski definition) is 1. The Bertz CT molecular complexity index is 433. The fourth-order valence-corrected chi connectivity index (χ4v) is 2.23. The molecule has 1 saturated carbocycles. The van der Waals surface area contributed by atoms with Crippen LogP contribution < -0.4 is 0 Å². The Labute approximate surface area is 96.1 Å². The van der Waals surface area contributed by atoms with E-state index < -0.39 is 29.1 Å². The van der Waals surface area contributed by atoms with E-state index in [2.05, 4.69) is 0 Å². The van der Waals surface area contributed by atoms with E-state index in [-0.39, 0.29) is 5.56 Å². The quantitative estimate of drug-likeness (QED) is 0.796. The lowest BCUT2D eigenvalue weighted by molar-refractivity contribution is -0.138. The minimum absolute atomic E-state index is 0.00130. The van der Waals surface area contributed by atoms with Gasteiger partial charge in [-0.2, -0.15) is 13.2 Å². The Balaban J connectivity index is 2.55. The molecule has 0 spiro atoms. The van der Waals surface area contributed by atoms with Crippen LogP contribution >= 0.6 is 0 Å². The summed E-state index contributed by atoms with van der Waals surface area (Å²) in [5.74, 6) is -0.914. The number of rotatable bonds is 2. The molecule has 0 amide bonds. The lowest BCUT2D eigenvalue weighted by atomic mass is 9.87. The van der Waals surface area contributed by atoms with E-state index in [9.17, 15) is 22.7 Å². The van der Waals surface area contributed by atoms with Crippen LogP contribution in [0.25, 0.3) is 0 Å². The van der Waals surface area contributed by atoms with E-state index in [1.807, 2.05) is 0 Å². The second-order valence-corrected chi connectivity index (χ2v) is 4.52. The Morgan fingerprint density at radius 3 is 2.29 bits per heavy atom. The molecule has 0 aromatic heterocycles. The van der Waals surface area contributed by atoms with E-state index in [1.165, 1.54) is 6.92 Å². The third-order valence-corrected chi connectivity index (χ3v) is 3.41. The van der Waals surface area contributed by atoms with Crippen molar-refractivity contribution in [2.24, 2.45) is 0 Å². The first-order valence-corrected chi connectivity index (χ1v) is 5.33. The smallest absolute Gasteiger partial charge is 0.392 e. The van der Waals surface area contributed by atoms with Gasteiger partial charge >= 0.3 is 6.18 Å². The fourth-order valence-electron chi connectivity index (χ4n) is 2.23. The van der Waals surface area contributed by atoms with E-state index >= 15 is 0 Å². The van der Waals surface area contributed by atoms with Gasteiger partial charge < -0.3 is 5.11 Å². The summed E-state index contributed by atoms with van der Waals surface area (Å²) in [5, 5.41) is 9.59. The van der Waals surface area contributed by atoms with Crippen LogP contribution in [0.2, 0.25) is 0 Å². The maximum Gasteiger partial charge on any atom is 0.416 e. The molecule has 0 heterocycles. The van der Waals surface area contributed by atoms with E-state index in [1.54, 1.807) is 0 Å². The van der Waals surface area contributed by atoms with Crippen LogP contribution in [0.5, 0.6) is 0 Å². The Morgan fingerprint density at radius 2 is 1.88 bits per heavy atom. The molecule has 1 aromatic rings. The molecule has 1 fully saturated rings. The van der Waals surface area contributed by atoms with Gasteiger partial charge in [0.05, 0.1) is 11.7 Å². The van der Waals surface area contributed by atoms with Crippen LogP contribution in [0.1, 0.15) is 30.9 Å². The molecule has 2 rings (SSSR count). The summed E-state index contributed by atoms with van der Waals surface area (Å²) < 4.78 is 51.3. The van der Waals surface area contributed by atoms with Gasteiger partial charge in [-0.1, -0.05) is 6.07 Å². The van der Waals surface area contributed by atoms with Crippen LogP contribution in [-0.2, 0) is 11.6 Å². The van der Waals surface area contributed by atoms with Gasteiger partial charge in [0, 0.05) is 5.41 Å². The SMILES string of the molecule is CC(O)C1(c2ccc(F)cc2C(F)(F)F)CC1. The normalized spacial score (nSPS) is 20.1. The fraction of sp³-hybridized carbons (Fsp3) is 0.500. The van der Waals surface area contributed by atoms with Gasteiger partial charge in [-0.25, -0.2) is 4.39 Å². The molecule has 1 atom stereocenters. The van der Waals surface area contributed by atoms with Crippen molar-refractivity contribution in [3.05, 3.63) is 35.1 Å². The highest BCUT2D eigenvalue weighted by molar-refractivity contribution is 5.41. The predicted octanol–water partition coefficient (Wildman–Crippen LogP) is 3.26. The van der Waals surface area contributed by atoms with Crippen LogP contribution in [0.3, 0.4) is 0 Å². The highest BCUT2D eigenvalue weighted by Gasteiger charge is 2.52. The molecule has 5 heteroatoms. The summed E-state index contributed by atoms with van der Waals surface area (Å²) in [4.78, 5) is 0. The summed E-state index contributed by atoms with van der Waals surface area (Å²) >= 11 is 0. The minimum Gasteiger partial charge on any atom is -0.392 e. The Kier molecular flexibility index (Phi) is 2.69. The zero-order valence-electron chi connectivity index (χ0n) is 9.18. The number of aliphatic hydroxyl groups excluding tert-OH is 1. The van der Waals surface area contributed by atoms with Crippen molar-refractivity contribution in [2.75, 3.05) is 0 Å². The van der Waals surface area contributed by atoms with Gasteiger partial charge in [0.2, 0.25) is 0 Å². The van der Waals surface area contributed by atoms with Gasteiger partial charge in [-0.3, -0.25) is 0 Å². The molecule has 1 aliphatic rings. The van der Waals surface area contributed by atoms with Crippen molar-refractivity contribution in [1.29, 1.82) is 0 Å². The highest BCUT2D eigenvalue weighted by Crippen LogP contribution is 2.54. The van der Waals surface area contributed by atoms with Gasteiger partial charge in [0.1, 0.15) is 5.82 Å². The number of aliphatic hydroxyl groups is 1. The Morgan fingerprint density at radius 1 is 1.29 bits per heavy atom. The molecular weight excluding hydrogens is 236 g/mol. The van der Waals surface area contributed by atoms with E-state index in [0.29, 0.717) is 18.9 Å². The van der Waals surface area contributed by atoms with Crippen LogP contribution in [-0.4, -0.2) is 11.2 Å².